The maximum Gasteiger partial charge on any atom is 0.279 e. The third-order valence-corrected chi connectivity index (χ3v) is 4.95. The molecule has 4 rings (SSSR count). The van der Waals surface area contributed by atoms with Crippen LogP contribution in [0, 0.1) is 0 Å². The van der Waals surface area contributed by atoms with E-state index >= 15 is 0 Å². The summed E-state index contributed by atoms with van der Waals surface area (Å²) < 4.78 is 11.3. The average Bonchev–Trinajstić information content (AvgIpc) is 2.94. The number of quaternary nitrogens is 1. The molecule has 0 bridgehead atoms. The molecule has 1 fully saturated rings. The molecule has 0 radical (unpaired) electrons. The van der Waals surface area contributed by atoms with Crippen molar-refractivity contribution >= 4 is 17.4 Å². The summed E-state index contributed by atoms with van der Waals surface area (Å²) in [6.45, 7) is 5.53. The molecule has 27 heavy (non-hydrogen) atoms. The summed E-state index contributed by atoms with van der Waals surface area (Å²) in [5, 5.41) is 2.99. The van der Waals surface area contributed by atoms with Crippen molar-refractivity contribution in [3.05, 3.63) is 42.6 Å². The number of carbonyl (C=O) groups is 1. The Balaban J connectivity index is 1.28. The number of carbonyl (C=O) groups excluding carboxylic acids is 1. The van der Waals surface area contributed by atoms with Crippen LogP contribution in [-0.4, -0.2) is 51.8 Å². The topological polar surface area (TPSA) is 69.4 Å². The molecule has 7 nitrogen and oxygen atoms in total. The Morgan fingerprint density at radius 3 is 2.70 bits per heavy atom. The Morgan fingerprint density at radius 2 is 1.93 bits per heavy atom. The zero-order valence-corrected chi connectivity index (χ0v) is 15.4. The number of H-pyrrole nitrogens is 1. The zero-order chi connectivity index (χ0) is 18.5. The van der Waals surface area contributed by atoms with Crippen LogP contribution >= 0.6 is 0 Å². The number of piperazine rings is 1. The fourth-order valence-corrected chi connectivity index (χ4v) is 3.49. The second-order valence-corrected chi connectivity index (χ2v) is 6.92. The second-order valence-electron chi connectivity index (χ2n) is 6.92. The average molecular weight is 370 g/mol. The van der Waals surface area contributed by atoms with Crippen molar-refractivity contribution in [2.24, 2.45) is 0 Å². The first-order valence-electron chi connectivity index (χ1n) is 9.53. The van der Waals surface area contributed by atoms with Gasteiger partial charge in [0.15, 0.2) is 18.0 Å². The van der Waals surface area contributed by atoms with E-state index < -0.39 is 0 Å². The van der Waals surface area contributed by atoms with Crippen LogP contribution in [0.2, 0.25) is 0 Å². The van der Waals surface area contributed by atoms with Crippen molar-refractivity contribution in [1.82, 2.24) is 0 Å². The molecular weight excluding hydrogens is 344 g/mol. The number of aromatic nitrogens is 1. The van der Waals surface area contributed by atoms with Gasteiger partial charge >= 0.3 is 0 Å². The molecule has 142 valence electrons. The Kier molecular flexibility index (Phi) is 5.39. The third kappa shape index (κ3) is 4.49. The van der Waals surface area contributed by atoms with E-state index in [2.05, 4.69) is 21.3 Å². The molecule has 2 aliphatic heterocycles. The van der Waals surface area contributed by atoms with Crippen molar-refractivity contribution in [3.8, 4) is 11.5 Å². The molecule has 1 aromatic heterocycles. The molecule has 0 spiro atoms. The number of hydrogen-bond acceptors (Lipinski definition) is 4. The van der Waals surface area contributed by atoms with Gasteiger partial charge in [0.1, 0.15) is 26.2 Å². The summed E-state index contributed by atoms with van der Waals surface area (Å²) in [5.74, 6) is 2.60. The van der Waals surface area contributed by atoms with Crippen molar-refractivity contribution in [3.63, 3.8) is 0 Å². The number of aromatic amines is 1. The molecule has 1 amide bonds. The minimum atomic E-state index is 0.0270. The van der Waals surface area contributed by atoms with Gasteiger partial charge in [0, 0.05) is 24.2 Å². The van der Waals surface area contributed by atoms with Gasteiger partial charge < -0.3 is 19.7 Å². The van der Waals surface area contributed by atoms with Gasteiger partial charge in [-0.15, -0.1) is 0 Å². The molecule has 0 atom stereocenters. The van der Waals surface area contributed by atoms with Crippen LogP contribution in [0.5, 0.6) is 11.5 Å². The minimum Gasteiger partial charge on any atom is -0.490 e. The smallest absolute Gasteiger partial charge is 0.279 e. The summed E-state index contributed by atoms with van der Waals surface area (Å²) in [4.78, 5) is 19.3. The maximum absolute atomic E-state index is 12.4. The van der Waals surface area contributed by atoms with Gasteiger partial charge in [0.2, 0.25) is 0 Å². The lowest BCUT2D eigenvalue weighted by atomic mass is 10.2. The lowest BCUT2D eigenvalue weighted by Gasteiger charge is -2.27. The number of nitrogens with one attached hydrogen (secondary N) is 3. The summed E-state index contributed by atoms with van der Waals surface area (Å²) in [5.41, 5.74) is 0.751. The van der Waals surface area contributed by atoms with E-state index in [9.17, 15) is 4.79 Å². The second kappa shape index (κ2) is 8.26. The Labute approximate surface area is 158 Å². The van der Waals surface area contributed by atoms with Gasteiger partial charge in [-0.25, -0.2) is 4.98 Å². The van der Waals surface area contributed by atoms with E-state index in [-0.39, 0.29) is 5.91 Å². The van der Waals surface area contributed by atoms with Gasteiger partial charge in [-0.3, -0.25) is 9.69 Å². The first-order valence-corrected chi connectivity index (χ1v) is 9.53. The fourth-order valence-electron chi connectivity index (χ4n) is 3.49. The molecule has 3 heterocycles. The number of hydrogen-bond donors (Lipinski definition) is 2. The minimum absolute atomic E-state index is 0.0270. The van der Waals surface area contributed by atoms with Gasteiger partial charge in [0.05, 0.1) is 19.4 Å². The van der Waals surface area contributed by atoms with Crippen LogP contribution in [0.1, 0.15) is 6.42 Å². The summed E-state index contributed by atoms with van der Waals surface area (Å²) in [7, 11) is 0. The summed E-state index contributed by atoms with van der Waals surface area (Å²) >= 11 is 0. The molecule has 7 heteroatoms. The van der Waals surface area contributed by atoms with Crippen LogP contribution in [0.15, 0.2) is 42.6 Å². The lowest BCUT2D eigenvalue weighted by molar-refractivity contribution is -0.892. The molecule has 0 aliphatic carbocycles. The van der Waals surface area contributed by atoms with Crippen LogP contribution in [0.3, 0.4) is 0 Å². The number of pyridine rings is 1. The van der Waals surface area contributed by atoms with Gasteiger partial charge in [0.25, 0.3) is 11.7 Å². The highest BCUT2D eigenvalue weighted by atomic mass is 16.5. The van der Waals surface area contributed by atoms with Crippen LogP contribution in [0.25, 0.3) is 0 Å². The lowest BCUT2D eigenvalue weighted by Crippen LogP contribution is -3.15. The standard InChI is InChI=1S/C20H24N4O3/c25-20(22-16-5-6-17-18(14-16)27-13-3-12-26-17)15-23-8-10-24(11-9-23)19-4-1-2-7-21-19/h1-2,4-7,14H,3,8-13,15H2,(H,22,25)/p+2. The molecular formula is C20H26N4O3+2. The number of fused-ring (bicyclic) bond motifs is 1. The maximum atomic E-state index is 12.4. The summed E-state index contributed by atoms with van der Waals surface area (Å²) in [6, 6.07) is 11.7. The fraction of sp³-hybridized carbons (Fsp3) is 0.400. The van der Waals surface area contributed by atoms with E-state index in [1.54, 1.807) is 0 Å². The molecule has 3 N–H and O–H groups in total. The highest BCUT2D eigenvalue weighted by Gasteiger charge is 2.27. The van der Waals surface area contributed by atoms with Crippen LogP contribution < -0.4 is 29.6 Å². The van der Waals surface area contributed by atoms with E-state index in [1.165, 1.54) is 4.90 Å². The molecule has 1 saturated heterocycles. The monoisotopic (exact) mass is 370 g/mol. The molecule has 0 unspecified atom stereocenters. The summed E-state index contributed by atoms with van der Waals surface area (Å²) in [6.07, 6.45) is 2.81. The molecule has 1 aromatic carbocycles. The van der Waals surface area contributed by atoms with Gasteiger partial charge in [-0.2, -0.15) is 0 Å². The molecule has 2 aliphatic rings. The van der Waals surface area contributed by atoms with E-state index in [0.29, 0.717) is 25.5 Å². The Morgan fingerprint density at radius 1 is 1.11 bits per heavy atom. The highest BCUT2D eigenvalue weighted by molar-refractivity contribution is 5.91. The Hall–Kier alpha value is -2.80. The van der Waals surface area contributed by atoms with E-state index in [4.69, 9.17) is 9.47 Å². The number of nitrogens with zero attached hydrogens (tertiary/aromatic N) is 1. The van der Waals surface area contributed by atoms with E-state index in [1.807, 2.05) is 36.5 Å². The van der Waals surface area contributed by atoms with Crippen molar-refractivity contribution in [1.29, 1.82) is 0 Å². The number of rotatable bonds is 4. The normalized spacial score (nSPS) is 17.3. The van der Waals surface area contributed by atoms with Crippen LogP contribution in [-0.2, 0) is 4.79 Å². The predicted octanol–water partition coefficient (Wildman–Crippen LogP) is 0.00560. The van der Waals surface area contributed by atoms with Gasteiger partial charge in [-0.05, 0) is 18.2 Å². The largest absolute Gasteiger partial charge is 0.490 e. The van der Waals surface area contributed by atoms with Crippen LogP contribution in [0.4, 0.5) is 11.5 Å². The number of amides is 1. The van der Waals surface area contributed by atoms with Crippen molar-refractivity contribution in [2.75, 3.05) is 56.2 Å². The number of benzene rings is 1. The molecule has 0 saturated carbocycles. The SMILES string of the molecule is O=C(C[NH+]1CCN(c2cccc[nH+]2)CC1)Nc1ccc2c(c1)OCCCO2. The first-order chi connectivity index (χ1) is 13.3. The Bertz CT molecular complexity index is 776. The third-order valence-electron chi connectivity index (χ3n) is 4.95. The highest BCUT2D eigenvalue weighted by Crippen LogP contribution is 2.32. The predicted molar refractivity (Wildman–Crippen MR) is 101 cm³/mol. The van der Waals surface area contributed by atoms with Crippen molar-refractivity contribution in [2.45, 2.75) is 6.42 Å². The zero-order valence-electron chi connectivity index (χ0n) is 15.4. The molecule has 2 aromatic rings. The number of anilines is 2. The quantitative estimate of drug-likeness (QED) is 0.795. The van der Waals surface area contributed by atoms with Gasteiger partial charge in [-0.1, -0.05) is 6.07 Å². The first kappa shape index (κ1) is 17.6. The van der Waals surface area contributed by atoms with E-state index in [0.717, 1.165) is 49.9 Å². The number of ether oxygens (including phenoxy) is 2. The van der Waals surface area contributed by atoms with Crippen molar-refractivity contribution < 1.29 is 24.2 Å².